The highest BCUT2D eigenvalue weighted by atomic mass is 32.1. The molecular formula is C38H24N4OS. The molecular weight excluding hydrogens is 561 g/mol. The second-order valence-electron chi connectivity index (χ2n) is 10.9. The van der Waals surface area contributed by atoms with Crippen molar-refractivity contribution in [2.75, 3.05) is 0 Å². The zero-order chi connectivity index (χ0) is 29.2. The lowest BCUT2D eigenvalue weighted by atomic mass is 9.93. The summed E-state index contributed by atoms with van der Waals surface area (Å²) in [5.41, 5.74) is 7.28. The number of para-hydroxylation sites is 2. The Morgan fingerprint density at radius 2 is 1.52 bits per heavy atom. The van der Waals surface area contributed by atoms with Crippen molar-refractivity contribution >= 4 is 72.1 Å². The summed E-state index contributed by atoms with van der Waals surface area (Å²) in [6.45, 7) is 4.35. The molecule has 0 fully saturated rings. The van der Waals surface area contributed by atoms with E-state index in [1.807, 2.05) is 36.7 Å². The van der Waals surface area contributed by atoms with Crippen LogP contribution in [0.3, 0.4) is 0 Å². The SMILES string of the molecule is C=Nc1c(/C(=N\Cn2c3ccccc3c3cc4c5c(cncc5c32)Oc2ccccc2-4)c2ccccc2)sc2ccccc12. The molecule has 0 atom stereocenters. The maximum atomic E-state index is 6.37. The Labute approximate surface area is 257 Å². The number of pyridine rings is 1. The summed E-state index contributed by atoms with van der Waals surface area (Å²) in [5, 5.41) is 5.57. The van der Waals surface area contributed by atoms with Crippen LogP contribution in [0.5, 0.6) is 11.5 Å². The van der Waals surface area contributed by atoms with Gasteiger partial charge in [-0.3, -0.25) is 15.0 Å². The molecule has 4 heterocycles. The van der Waals surface area contributed by atoms with Crippen molar-refractivity contribution in [3.05, 3.63) is 132 Å². The van der Waals surface area contributed by atoms with Crippen LogP contribution < -0.4 is 4.74 Å². The standard InChI is InChI=1S/C38H24N4OS/c1-39-36-26-15-7-10-18-33(26)44-38(36)35(23-11-3-2-4-12-23)41-22-42-30-16-8-5-13-24(30)28-19-27-25-14-6-9-17-31(25)43-32-21-40-20-29(34(27)32)37(28)42/h2-21H,1,22H2/b41-35-. The number of ether oxygens (including phenoxy) is 1. The van der Waals surface area contributed by atoms with Gasteiger partial charge in [0.1, 0.15) is 12.4 Å². The highest BCUT2D eigenvalue weighted by Gasteiger charge is 2.25. The Kier molecular flexibility index (Phi) is 5.52. The maximum absolute atomic E-state index is 6.37. The minimum Gasteiger partial charge on any atom is -0.454 e. The zero-order valence-electron chi connectivity index (χ0n) is 23.6. The van der Waals surface area contributed by atoms with Crippen molar-refractivity contribution in [1.29, 1.82) is 0 Å². The molecule has 0 amide bonds. The summed E-state index contributed by atoms with van der Waals surface area (Å²) in [5.74, 6) is 1.62. The zero-order valence-corrected chi connectivity index (χ0v) is 24.4. The Morgan fingerprint density at radius 3 is 2.41 bits per heavy atom. The third-order valence-electron chi connectivity index (χ3n) is 8.49. The molecule has 208 valence electrons. The Hall–Kier alpha value is -5.59. The quantitative estimate of drug-likeness (QED) is 0.189. The van der Waals surface area contributed by atoms with Crippen molar-refractivity contribution in [1.82, 2.24) is 9.55 Å². The predicted molar refractivity (Wildman–Crippen MR) is 183 cm³/mol. The van der Waals surface area contributed by atoms with Crippen LogP contribution >= 0.6 is 11.3 Å². The average Bonchev–Trinajstić information content (AvgIpc) is 3.61. The summed E-state index contributed by atoms with van der Waals surface area (Å²) < 4.78 is 9.84. The molecule has 44 heavy (non-hydrogen) atoms. The van der Waals surface area contributed by atoms with Crippen LogP contribution in [0.4, 0.5) is 5.69 Å². The minimum atomic E-state index is 0.412. The lowest BCUT2D eigenvalue weighted by Gasteiger charge is -2.21. The second-order valence-corrected chi connectivity index (χ2v) is 11.9. The van der Waals surface area contributed by atoms with Crippen molar-refractivity contribution in [3.8, 4) is 22.6 Å². The summed E-state index contributed by atoms with van der Waals surface area (Å²) >= 11 is 1.71. The molecule has 0 N–H and O–H groups in total. The summed E-state index contributed by atoms with van der Waals surface area (Å²) in [7, 11) is 0. The fraction of sp³-hybridized carbons (Fsp3) is 0.0263. The van der Waals surface area contributed by atoms with E-state index in [9.17, 15) is 0 Å². The first-order valence-electron chi connectivity index (χ1n) is 14.5. The van der Waals surface area contributed by atoms with E-state index in [4.69, 9.17) is 9.73 Å². The average molecular weight is 585 g/mol. The van der Waals surface area contributed by atoms with E-state index >= 15 is 0 Å². The summed E-state index contributed by atoms with van der Waals surface area (Å²) in [6, 6.07) is 37.8. The molecule has 9 rings (SSSR count). The van der Waals surface area contributed by atoms with Gasteiger partial charge in [-0.05, 0) is 36.5 Å². The van der Waals surface area contributed by atoms with Gasteiger partial charge in [0.05, 0.1) is 33.5 Å². The lowest BCUT2D eigenvalue weighted by Crippen LogP contribution is -2.05. The van der Waals surface area contributed by atoms with Gasteiger partial charge in [0.25, 0.3) is 0 Å². The minimum absolute atomic E-state index is 0.412. The highest BCUT2D eigenvalue weighted by Crippen LogP contribution is 2.49. The number of thiophene rings is 1. The van der Waals surface area contributed by atoms with Crippen molar-refractivity contribution in [3.63, 3.8) is 0 Å². The van der Waals surface area contributed by atoms with Crippen LogP contribution in [0, 0.1) is 0 Å². The molecule has 0 bridgehead atoms. The monoisotopic (exact) mass is 584 g/mol. The number of nitrogens with zero attached hydrogens (tertiary/aromatic N) is 4. The van der Waals surface area contributed by atoms with E-state index in [-0.39, 0.29) is 0 Å². The second kappa shape index (κ2) is 9.73. The van der Waals surface area contributed by atoms with E-state index in [0.29, 0.717) is 6.67 Å². The van der Waals surface area contributed by atoms with E-state index < -0.39 is 0 Å². The van der Waals surface area contributed by atoms with Crippen LogP contribution in [0.15, 0.2) is 132 Å². The molecule has 0 saturated heterocycles. The molecule has 0 saturated carbocycles. The number of aromatic nitrogens is 2. The van der Waals surface area contributed by atoms with Crippen LogP contribution in [0.25, 0.3) is 53.8 Å². The molecule has 0 radical (unpaired) electrons. The van der Waals surface area contributed by atoms with E-state index in [0.717, 1.165) is 76.4 Å². The van der Waals surface area contributed by atoms with Crippen molar-refractivity contribution in [2.24, 2.45) is 9.98 Å². The number of fused-ring (bicyclic) bond motifs is 7. The highest BCUT2D eigenvalue weighted by molar-refractivity contribution is 7.21. The summed E-state index contributed by atoms with van der Waals surface area (Å²) in [4.78, 5) is 15.5. The first-order valence-corrected chi connectivity index (χ1v) is 15.3. The molecule has 5 nitrogen and oxygen atoms in total. The van der Waals surface area contributed by atoms with Gasteiger partial charge in [-0.25, -0.2) is 0 Å². The van der Waals surface area contributed by atoms with Crippen LogP contribution in [-0.4, -0.2) is 22.0 Å². The molecule has 5 aromatic carbocycles. The third kappa shape index (κ3) is 3.61. The molecule has 8 aromatic rings. The first kappa shape index (κ1) is 25.0. The van der Waals surface area contributed by atoms with E-state index in [1.54, 1.807) is 11.3 Å². The van der Waals surface area contributed by atoms with Crippen LogP contribution in [0.2, 0.25) is 0 Å². The molecule has 3 aromatic heterocycles. The van der Waals surface area contributed by atoms with Crippen molar-refractivity contribution in [2.45, 2.75) is 6.67 Å². The number of hydrogen-bond donors (Lipinski definition) is 0. The molecule has 0 aliphatic carbocycles. The van der Waals surface area contributed by atoms with Gasteiger partial charge in [-0.2, -0.15) is 0 Å². The van der Waals surface area contributed by atoms with Gasteiger partial charge in [0.15, 0.2) is 5.75 Å². The van der Waals surface area contributed by atoms with Crippen LogP contribution in [-0.2, 0) is 6.67 Å². The fourth-order valence-electron chi connectivity index (χ4n) is 6.60. The van der Waals surface area contributed by atoms with Gasteiger partial charge >= 0.3 is 0 Å². The Morgan fingerprint density at radius 1 is 0.750 bits per heavy atom. The number of hydrogen-bond acceptors (Lipinski definition) is 5. The van der Waals surface area contributed by atoms with Crippen molar-refractivity contribution < 1.29 is 4.74 Å². The van der Waals surface area contributed by atoms with E-state index in [2.05, 4.69) is 106 Å². The lowest BCUT2D eigenvalue weighted by molar-refractivity contribution is 0.485. The molecule has 1 aliphatic rings. The maximum Gasteiger partial charge on any atom is 0.154 e. The number of aliphatic imine (C=N–C) groups is 2. The third-order valence-corrected chi connectivity index (χ3v) is 9.66. The predicted octanol–water partition coefficient (Wildman–Crippen LogP) is 10.2. The van der Waals surface area contributed by atoms with Gasteiger partial charge in [0, 0.05) is 49.0 Å². The molecule has 6 heteroatoms. The topological polar surface area (TPSA) is 51.8 Å². The summed E-state index contributed by atoms with van der Waals surface area (Å²) in [6.07, 6.45) is 3.78. The fourth-order valence-corrected chi connectivity index (χ4v) is 7.79. The van der Waals surface area contributed by atoms with E-state index in [1.165, 1.54) is 10.8 Å². The first-order chi connectivity index (χ1) is 21.8. The largest absolute Gasteiger partial charge is 0.454 e. The van der Waals surface area contributed by atoms with Gasteiger partial charge < -0.3 is 9.30 Å². The Bertz CT molecular complexity index is 2470. The van der Waals surface area contributed by atoms with Gasteiger partial charge in [-0.15, -0.1) is 11.3 Å². The van der Waals surface area contributed by atoms with Gasteiger partial charge in [0.2, 0.25) is 0 Å². The number of rotatable bonds is 5. The molecule has 0 spiro atoms. The number of benzene rings is 5. The Balaban J connectivity index is 1.33. The molecule has 1 aliphatic heterocycles. The normalized spacial score (nSPS) is 12.6. The van der Waals surface area contributed by atoms with Crippen LogP contribution in [0.1, 0.15) is 10.4 Å². The smallest absolute Gasteiger partial charge is 0.154 e. The molecule has 0 unspecified atom stereocenters. The van der Waals surface area contributed by atoms with Gasteiger partial charge in [-0.1, -0.05) is 84.9 Å².